The third kappa shape index (κ3) is 4.46. The first-order valence-corrected chi connectivity index (χ1v) is 9.14. The van der Waals surface area contributed by atoms with Crippen molar-refractivity contribution in [2.75, 3.05) is 11.9 Å². The van der Waals surface area contributed by atoms with Gasteiger partial charge in [-0.25, -0.2) is 0 Å². The lowest BCUT2D eigenvalue weighted by Gasteiger charge is -2.03. The fourth-order valence-electron chi connectivity index (χ4n) is 2.84. The van der Waals surface area contributed by atoms with Gasteiger partial charge in [0, 0.05) is 4.88 Å². The van der Waals surface area contributed by atoms with Crippen LogP contribution in [0.1, 0.15) is 40.8 Å². The van der Waals surface area contributed by atoms with E-state index < -0.39 is 0 Å². The zero-order valence-corrected chi connectivity index (χ0v) is 14.6. The van der Waals surface area contributed by atoms with Gasteiger partial charge in [0.15, 0.2) is 6.61 Å². The molecule has 128 valence electrons. The number of thiophene rings is 1. The maximum absolute atomic E-state index is 12.1. The summed E-state index contributed by atoms with van der Waals surface area (Å²) in [4.78, 5) is 18.3. The Balaban J connectivity index is 1.58. The number of benzene rings is 1. The number of hydrogen-bond acceptors (Lipinski definition) is 5. The summed E-state index contributed by atoms with van der Waals surface area (Å²) in [6.45, 7) is -0.184. The standard InChI is InChI=1S/C19H19N3O2S/c20-11-16-15-9-5-2-6-10-17(15)25-19(16)22-18(23)13-24-21-12-14-7-3-1-4-8-14/h1,3-4,7-8,12H,2,5-6,9-10,13H2,(H,22,23)/b21-12+. The molecule has 3 rings (SSSR count). The second-order valence-electron chi connectivity index (χ2n) is 5.85. The highest BCUT2D eigenvalue weighted by Gasteiger charge is 2.20. The van der Waals surface area contributed by atoms with E-state index in [1.807, 2.05) is 30.3 Å². The average molecular weight is 353 g/mol. The van der Waals surface area contributed by atoms with Gasteiger partial charge in [-0.15, -0.1) is 11.3 Å². The summed E-state index contributed by atoms with van der Waals surface area (Å²) in [5.74, 6) is -0.307. The number of anilines is 1. The van der Waals surface area contributed by atoms with Gasteiger partial charge in [-0.3, -0.25) is 4.79 Å². The molecule has 0 atom stereocenters. The zero-order chi connectivity index (χ0) is 17.5. The lowest BCUT2D eigenvalue weighted by molar-refractivity contribution is -0.120. The first-order valence-electron chi connectivity index (χ1n) is 8.33. The number of carbonyl (C=O) groups excluding carboxylic acids is 1. The van der Waals surface area contributed by atoms with Crippen LogP contribution in [0.4, 0.5) is 5.00 Å². The topological polar surface area (TPSA) is 74.5 Å². The fraction of sp³-hybridized carbons (Fsp3) is 0.316. The summed E-state index contributed by atoms with van der Waals surface area (Å²) in [5, 5.41) is 16.7. The Labute approximate surface area is 150 Å². The van der Waals surface area contributed by atoms with E-state index in [-0.39, 0.29) is 12.5 Å². The van der Waals surface area contributed by atoms with Crippen LogP contribution >= 0.6 is 11.3 Å². The number of nitriles is 1. The molecular weight excluding hydrogens is 334 g/mol. The van der Waals surface area contributed by atoms with Gasteiger partial charge in [-0.1, -0.05) is 41.9 Å². The molecule has 2 aromatic rings. The van der Waals surface area contributed by atoms with Crippen LogP contribution in [0.2, 0.25) is 0 Å². The van der Waals surface area contributed by atoms with Gasteiger partial charge in [-0.2, -0.15) is 5.26 Å². The Morgan fingerprint density at radius 2 is 2.08 bits per heavy atom. The summed E-state index contributed by atoms with van der Waals surface area (Å²) in [5.41, 5.74) is 2.63. The lowest BCUT2D eigenvalue weighted by Crippen LogP contribution is -2.17. The monoisotopic (exact) mass is 353 g/mol. The van der Waals surface area contributed by atoms with Crippen molar-refractivity contribution in [1.82, 2.24) is 0 Å². The molecule has 0 unspecified atom stereocenters. The normalized spacial score (nSPS) is 13.7. The Morgan fingerprint density at radius 1 is 1.28 bits per heavy atom. The number of aryl methyl sites for hydroxylation is 1. The summed E-state index contributed by atoms with van der Waals surface area (Å²) >= 11 is 1.52. The molecule has 0 saturated heterocycles. The van der Waals surface area contributed by atoms with Gasteiger partial charge in [-0.05, 0) is 36.8 Å². The Hall–Kier alpha value is -2.65. The summed E-state index contributed by atoms with van der Waals surface area (Å²) < 4.78 is 0. The molecule has 0 fully saturated rings. The van der Waals surface area contributed by atoms with Crippen molar-refractivity contribution >= 4 is 28.5 Å². The molecule has 25 heavy (non-hydrogen) atoms. The zero-order valence-electron chi connectivity index (χ0n) is 13.8. The van der Waals surface area contributed by atoms with E-state index in [0.29, 0.717) is 10.6 Å². The molecule has 1 aromatic heterocycles. The van der Waals surface area contributed by atoms with Gasteiger partial charge in [0.2, 0.25) is 0 Å². The molecule has 0 spiro atoms. The predicted octanol–water partition coefficient (Wildman–Crippen LogP) is 3.88. The fourth-order valence-corrected chi connectivity index (χ4v) is 4.10. The molecule has 0 bridgehead atoms. The SMILES string of the molecule is N#Cc1c(NC(=O)CO/N=C/c2ccccc2)sc2c1CCCCC2. The molecule has 1 N–H and O–H groups in total. The van der Waals surface area contributed by atoms with Crippen molar-refractivity contribution in [1.29, 1.82) is 5.26 Å². The van der Waals surface area contributed by atoms with Crippen LogP contribution in [0.3, 0.4) is 0 Å². The van der Waals surface area contributed by atoms with Crippen LogP contribution in [-0.4, -0.2) is 18.7 Å². The summed E-state index contributed by atoms with van der Waals surface area (Å²) in [6.07, 6.45) is 6.90. The molecule has 6 heteroatoms. The van der Waals surface area contributed by atoms with Gasteiger partial charge >= 0.3 is 0 Å². The van der Waals surface area contributed by atoms with E-state index >= 15 is 0 Å². The molecule has 5 nitrogen and oxygen atoms in total. The number of amides is 1. The molecule has 1 heterocycles. The van der Waals surface area contributed by atoms with E-state index in [4.69, 9.17) is 4.84 Å². The number of nitrogens with zero attached hydrogens (tertiary/aromatic N) is 2. The van der Waals surface area contributed by atoms with Crippen LogP contribution in [0.25, 0.3) is 0 Å². The van der Waals surface area contributed by atoms with Crippen molar-refractivity contribution < 1.29 is 9.63 Å². The van der Waals surface area contributed by atoms with E-state index in [1.165, 1.54) is 22.6 Å². The minimum atomic E-state index is -0.307. The maximum Gasteiger partial charge on any atom is 0.265 e. The van der Waals surface area contributed by atoms with E-state index in [0.717, 1.165) is 36.8 Å². The molecule has 1 aliphatic carbocycles. The third-order valence-corrected chi connectivity index (χ3v) is 5.26. The maximum atomic E-state index is 12.1. The molecule has 0 saturated carbocycles. The van der Waals surface area contributed by atoms with E-state index in [2.05, 4.69) is 16.5 Å². The number of fused-ring (bicyclic) bond motifs is 1. The smallest absolute Gasteiger partial charge is 0.265 e. The Morgan fingerprint density at radius 3 is 2.88 bits per heavy atom. The van der Waals surface area contributed by atoms with Crippen molar-refractivity contribution in [3.63, 3.8) is 0 Å². The Bertz CT molecular complexity index is 806. The van der Waals surface area contributed by atoms with Crippen LogP contribution in [0, 0.1) is 11.3 Å². The first kappa shape index (κ1) is 17.2. The molecule has 0 radical (unpaired) electrons. The highest BCUT2D eigenvalue weighted by Crippen LogP contribution is 2.36. The highest BCUT2D eigenvalue weighted by molar-refractivity contribution is 7.16. The second-order valence-corrected chi connectivity index (χ2v) is 6.95. The minimum Gasteiger partial charge on any atom is -0.386 e. The van der Waals surface area contributed by atoms with Gasteiger partial charge in [0.25, 0.3) is 5.91 Å². The van der Waals surface area contributed by atoms with E-state index in [9.17, 15) is 10.1 Å². The summed E-state index contributed by atoms with van der Waals surface area (Å²) in [6, 6.07) is 11.8. The molecular formula is C19H19N3O2S. The highest BCUT2D eigenvalue weighted by atomic mass is 32.1. The lowest BCUT2D eigenvalue weighted by atomic mass is 10.1. The number of rotatable bonds is 5. The van der Waals surface area contributed by atoms with Gasteiger partial charge in [0.05, 0.1) is 11.8 Å². The third-order valence-electron chi connectivity index (χ3n) is 4.06. The summed E-state index contributed by atoms with van der Waals surface area (Å²) in [7, 11) is 0. The first-order chi connectivity index (χ1) is 12.3. The number of nitrogens with one attached hydrogen (secondary N) is 1. The Kier molecular flexibility index (Phi) is 5.81. The second kappa shape index (κ2) is 8.45. The molecule has 1 aliphatic rings. The van der Waals surface area contributed by atoms with Crippen LogP contribution in [-0.2, 0) is 22.5 Å². The predicted molar refractivity (Wildman–Crippen MR) is 98.9 cm³/mol. The van der Waals surface area contributed by atoms with Crippen molar-refractivity contribution in [3.8, 4) is 6.07 Å². The van der Waals surface area contributed by atoms with Crippen molar-refractivity contribution in [2.45, 2.75) is 32.1 Å². The number of carbonyl (C=O) groups is 1. The largest absolute Gasteiger partial charge is 0.386 e. The molecule has 1 amide bonds. The van der Waals surface area contributed by atoms with Crippen molar-refractivity contribution in [2.24, 2.45) is 5.16 Å². The molecule has 0 aliphatic heterocycles. The number of oxime groups is 1. The number of hydrogen-bond donors (Lipinski definition) is 1. The average Bonchev–Trinajstić information content (AvgIpc) is 2.79. The van der Waals surface area contributed by atoms with E-state index in [1.54, 1.807) is 6.21 Å². The quantitative estimate of drug-likeness (QED) is 0.503. The van der Waals surface area contributed by atoms with Crippen LogP contribution < -0.4 is 5.32 Å². The van der Waals surface area contributed by atoms with Crippen LogP contribution in [0.15, 0.2) is 35.5 Å². The minimum absolute atomic E-state index is 0.184. The molecule has 1 aromatic carbocycles. The van der Waals surface area contributed by atoms with Crippen molar-refractivity contribution in [3.05, 3.63) is 51.9 Å². The van der Waals surface area contributed by atoms with Crippen LogP contribution in [0.5, 0.6) is 0 Å². The van der Waals surface area contributed by atoms with Gasteiger partial charge < -0.3 is 10.2 Å². The van der Waals surface area contributed by atoms with Gasteiger partial charge in [0.1, 0.15) is 11.1 Å².